The molecule has 1 spiro atoms. The second kappa shape index (κ2) is 6.47. The summed E-state index contributed by atoms with van der Waals surface area (Å²) in [5.74, 6) is -0.987. The van der Waals surface area contributed by atoms with Gasteiger partial charge in [-0.05, 0) is 18.9 Å². The van der Waals surface area contributed by atoms with Gasteiger partial charge in [0, 0.05) is 45.2 Å². The molecule has 3 aliphatic heterocycles. The van der Waals surface area contributed by atoms with E-state index in [1.165, 1.54) is 26.4 Å². The summed E-state index contributed by atoms with van der Waals surface area (Å²) in [6, 6.07) is 1.38. The van der Waals surface area contributed by atoms with E-state index in [2.05, 4.69) is 9.71 Å². The molecule has 1 aromatic heterocycles. The minimum absolute atomic E-state index is 0.000723. The maximum atomic E-state index is 14.0. The molecule has 10 heteroatoms. The van der Waals surface area contributed by atoms with Gasteiger partial charge in [0.15, 0.2) is 5.82 Å². The SMILES string of the molecule is CN(C)S(=O)(=O)NC[C@H]1[C@H]2CN(C(=O)c3ccncc3F)C[C@]23CC[C@H]1O3. The van der Waals surface area contributed by atoms with E-state index in [0.29, 0.717) is 13.1 Å². The lowest BCUT2D eigenvalue weighted by Gasteiger charge is -2.29. The van der Waals surface area contributed by atoms with Crippen LogP contribution in [0.2, 0.25) is 0 Å². The maximum absolute atomic E-state index is 14.0. The topological polar surface area (TPSA) is 91.8 Å². The van der Waals surface area contributed by atoms with Crippen LogP contribution in [0.4, 0.5) is 4.39 Å². The third-order valence-corrected chi connectivity index (χ3v) is 7.55. The van der Waals surface area contributed by atoms with Gasteiger partial charge >= 0.3 is 0 Å². The number of halogens is 1. The molecule has 2 bridgehead atoms. The van der Waals surface area contributed by atoms with Gasteiger partial charge in [-0.1, -0.05) is 0 Å². The van der Waals surface area contributed by atoms with Gasteiger partial charge in [-0.3, -0.25) is 9.78 Å². The molecule has 3 aliphatic rings. The highest BCUT2D eigenvalue weighted by Gasteiger charge is 2.63. The first kappa shape index (κ1) is 18.7. The Kier molecular flexibility index (Phi) is 4.49. The van der Waals surface area contributed by atoms with Crippen LogP contribution >= 0.6 is 0 Å². The number of pyridine rings is 1. The van der Waals surface area contributed by atoms with Crippen molar-refractivity contribution >= 4 is 16.1 Å². The Bertz CT molecular complexity index is 864. The first-order chi connectivity index (χ1) is 12.7. The van der Waals surface area contributed by atoms with Crippen LogP contribution in [0.5, 0.6) is 0 Å². The summed E-state index contributed by atoms with van der Waals surface area (Å²) in [5.41, 5.74) is -0.446. The summed E-state index contributed by atoms with van der Waals surface area (Å²) in [7, 11) is -0.576. The van der Waals surface area contributed by atoms with Crippen LogP contribution in [0, 0.1) is 17.7 Å². The highest BCUT2D eigenvalue weighted by molar-refractivity contribution is 7.87. The molecule has 1 N–H and O–H groups in total. The van der Waals surface area contributed by atoms with E-state index in [9.17, 15) is 17.6 Å². The number of aromatic nitrogens is 1. The number of carbonyl (C=O) groups excluding carboxylic acids is 1. The van der Waals surface area contributed by atoms with Crippen molar-refractivity contribution in [2.45, 2.75) is 24.5 Å². The lowest BCUT2D eigenvalue weighted by Crippen LogP contribution is -2.44. The number of nitrogens with one attached hydrogen (secondary N) is 1. The average Bonchev–Trinajstić information content (AvgIpc) is 3.28. The van der Waals surface area contributed by atoms with Crippen LogP contribution in [-0.2, 0) is 14.9 Å². The molecule has 4 atom stereocenters. The second-order valence-electron chi connectivity index (χ2n) is 7.71. The fraction of sp³-hybridized carbons (Fsp3) is 0.647. The summed E-state index contributed by atoms with van der Waals surface area (Å²) in [6.07, 6.45) is 4.10. The lowest BCUT2D eigenvalue weighted by atomic mass is 9.74. The Labute approximate surface area is 157 Å². The van der Waals surface area contributed by atoms with Crippen molar-refractivity contribution in [2.75, 3.05) is 33.7 Å². The van der Waals surface area contributed by atoms with E-state index in [1.807, 2.05) is 0 Å². The normalized spacial score (nSPS) is 32.3. The van der Waals surface area contributed by atoms with Crippen molar-refractivity contribution in [3.8, 4) is 0 Å². The van der Waals surface area contributed by atoms with Crippen molar-refractivity contribution in [1.82, 2.24) is 18.9 Å². The standard InChI is InChI=1S/C17H23FN4O4S/c1-21(2)27(24,25)20-7-12-13-9-22(10-17(13)5-3-15(12)26-17)16(23)11-4-6-19-8-14(11)18/h4,6,8,12-13,15,20H,3,5,7,9-10H2,1-2H3/t12-,13+,15+,17+/m0/s1. The Morgan fingerprint density at radius 2 is 2.30 bits per heavy atom. The van der Waals surface area contributed by atoms with Gasteiger partial charge in [0.2, 0.25) is 0 Å². The van der Waals surface area contributed by atoms with Crippen molar-refractivity contribution in [3.05, 3.63) is 29.8 Å². The molecule has 0 unspecified atom stereocenters. The third-order valence-electron chi connectivity index (χ3n) is 6.06. The number of hydrogen-bond donors (Lipinski definition) is 1. The quantitative estimate of drug-likeness (QED) is 0.767. The van der Waals surface area contributed by atoms with E-state index in [1.54, 1.807) is 4.90 Å². The molecule has 3 fully saturated rings. The number of likely N-dealkylation sites (tertiary alicyclic amines) is 1. The predicted molar refractivity (Wildman–Crippen MR) is 94.5 cm³/mol. The minimum Gasteiger partial charge on any atom is -0.369 e. The summed E-state index contributed by atoms with van der Waals surface area (Å²) in [4.78, 5) is 18.1. The first-order valence-electron chi connectivity index (χ1n) is 8.97. The summed E-state index contributed by atoms with van der Waals surface area (Å²) >= 11 is 0. The van der Waals surface area contributed by atoms with Crippen molar-refractivity contribution < 1.29 is 22.3 Å². The molecule has 0 aromatic carbocycles. The molecule has 4 heterocycles. The lowest BCUT2D eigenvalue weighted by molar-refractivity contribution is 0.00319. The fourth-order valence-corrected chi connectivity index (χ4v) is 5.33. The number of amides is 1. The molecule has 0 aliphatic carbocycles. The summed E-state index contributed by atoms with van der Waals surface area (Å²) < 4.78 is 48.0. The number of rotatable bonds is 5. The Morgan fingerprint density at radius 1 is 1.52 bits per heavy atom. The number of carbonyl (C=O) groups is 1. The number of ether oxygens (including phenoxy) is 1. The average molecular weight is 398 g/mol. The highest BCUT2D eigenvalue weighted by Crippen LogP contribution is 2.54. The number of hydrogen-bond acceptors (Lipinski definition) is 5. The van der Waals surface area contributed by atoms with Crippen LogP contribution in [0.1, 0.15) is 23.2 Å². The van der Waals surface area contributed by atoms with Gasteiger partial charge in [-0.15, -0.1) is 0 Å². The zero-order chi connectivity index (χ0) is 19.4. The van der Waals surface area contributed by atoms with Gasteiger partial charge in [-0.25, -0.2) is 9.11 Å². The second-order valence-corrected chi connectivity index (χ2v) is 9.68. The van der Waals surface area contributed by atoms with Crippen molar-refractivity contribution in [1.29, 1.82) is 0 Å². The fourth-order valence-electron chi connectivity index (χ4n) is 4.67. The molecule has 1 aromatic rings. The van der Waals surface area contributed by atoms with Crippen LogP contribution in [-0.4, -0.2) is 73.9 Å². The Balaban J connectivity index is 1.51. The maximum Gasteiger partial charge on any atom is 0.278 e. The molecule has 4 rings (SSSR count). The van der Waals surface area contributed by atoms with E-state index in [4.69, 9.17) is 4.74 Å². The minimum atomic E-state index is -3.52. The van der Waals surface area contributed by atoms with Crippen LogP contribution in [0.25, 0.3) is 0 Å². The zero-order valence-electron chi connectivity index (χ0n) is 15.3. The van der Waals surface area contributed by atoms with Gasteiger partial charge in [-0.2, -0.15) is 12.7 Å². The van der Waals surface area contributed by atoms with Crippen LogP contribution in [0.3, 0.4) is 0 Å². The molecule has 0 saturated carbocycles. The smallest absolute Gasteiger partial charge is 0.278 e. The Morgan fingerprint density at radius 3 is 3.00 bits per heavy atom. The largest absolute Gasteiger partial charge is 0.369 e. The molecular weight excluding hydrogens is 375 g/mol. The van der Waals surface area contributed by atoms with E-state index < -0.39 is 21.6 Å². The van der Waals surface area contributed by atoms with E-state index in [-0.39, 0.29) is 36.0 Å². The van der Waals surface area contributed by atoms with Crippen LogP contribution in [0.15, 0.2) is 18.5 Å². The molecule has 8 nitrogen and oxygen atoms in total. The van der Waals surface area contributed by atoms with E-state index >= 15 is 0 Å². The van der Waals surface area contributed by atoms with Gasteiger partial charge in [0.1, 0.15) is 0 Å². The summed E-state index contributed by atoms with van der Waals surface area (Å²) in [5, 5.41) is 0. The molecule has 1 amide bonds. The zero-order valence-corrected chi connectivity index (χ0v) is 16.1. The van der Waals surface area contributed by atoms with Gasteiger partial charge < -0.3 is 9.64 Å². The molecule has 148 valence electrons. The molecular formula is C17H23FN4O4S. The highest BCUT2D eigenvalue weighted by atomic mass is 32.2. The summed E-state index contributed by atoms with van der Waals surface area (Å²) in [6.45, 7) is 1.11. The Hall–Kier alpha value is -1.62. The first-order valence-corrected chi connectivity index (χ1v) is 10.4. The van der Waals surface area contributed by atoms with Gasteiger partial charge in [0.05, 0.1) is 30.0 Å². The molecule has 3 saturated heterocycles. The number of nitrogens with zero attached hydrogens (tertiary/aromatic N) is 3. The molecule has 0 radical (unpaired) electrons. The van der Waals surface area contributed by atoms with E-state index in [0.717, 1.165) is 23.3 Å². The predicted octanol–water partition coefficient (Wildman–Crippen LogP) is 0.236. The number of fused-ring (bicyclic) bond motifs is 1. The van der Waals surface area contributed by atoms with Crippen LogP contribution < -0.4 is 4.72 Å². The third kappa shape index (κ3) is 3.04. The molecule has 27 heavy (non-hydrogen) atoms. The van der Waals surface area contributed by atoms with Gasteiger partial charge in [0.25, 0.3) is 16.1 Å². The monoisotopic (exact) mass is 398 g/mol. The van der Waals surface area contributed by atoms with Crippen molar-refractivity contribution in [3.63, 3.8) is 0 Å². The van der Waals surface area contributed by atoms with Crippen molar-refractivity contribution in [2.24, 2.45) is 11.8 Å².